The highest BCUT2D eigenvalue weighted by Crippen LogP contribution is 2.13. The molecule has 0 aliphatic rings. The summed E-state index contributed by atoms with van der Waals surface area (Å²) in [5.74, 6) is 0.772. The third-order valence-electron chi connectivity index (χ3n) is 3.26. The second kappa shape index (κ2) is 5.16. The molecule has 0 saturated carbocycles. The van der Waals surface area contributed by atoms with Gasteiger partial charge in [0, 0.05) is 37.3 Å². The standard InChI is InChI=1S/C14H15N5O/c1-19-9-17-18-13(19)5-7-16-14(20)11-3-2-10-4-6-15-12(10)8-11/h2-4,6,8-9,15H,5,7H2,1H3,(H,16,20). The number of hydrogen-bond donors (Lipinski definition) is 2. The number of nitrogens with zero attached hydrogens (tertiary/aromatic N) is 3. The van der Waals surface area contributed by atoms with Crippen LogP contribution in [-0.2, 0) is 13.5 Å². The summed E-state index contributed by atoms with van der Waals surface area (Å²) in [4.78, 5) is 15.2. The molecule has 0 fully saturated rings. The van der Waals surface area contributed by atoms with Crippen LogP contribution in [0.1, 0.15) is 16.2 Å². The number of carbonyl (C=O) groups is 1. The zero-order valence-corrected chi connectivity index (χ0v) is 11.1. The van der Waals surface area contributed by atoms with Crippen LogP contribution in [0, 0.1) is 0 Å². The van der Waals surface area contributed by atoms with Crippen molar-refractivity contribution >= 4 is 16.8 Å². The van der Waals surface area contributed by atoms with E-state index in [1.807, 2.05) is 42.1 Å². The van der Waals surface area contributed by atoms with Crippen LogP contribution in [0.5, 0.6) is 0 Å². The number of hydrogen-bond acceptors (Lipinski definition) is 3. The SMILES string of the molecule is Cn1cnnc1CCNC(=O)c1ccc2cc[nH]c2c1. The summed E-state index contributed by atoms with van der Waals surface area (Å²) in [7, 11) is 1.89. The van der Waals surface area contributed by atoms with Gasteiger partial charge >= 0.3 is 0 Å². The van der Waals surface area contributed by atoms with Crippen LogP contribution in [0.15, 0.2) is 36.8 Å². The summed E-state index contributed by atoms with van der Waals surface area (Å²) in [5.41, 5.74) is 1.61. The second-order valence-electron chi connectivity index (χ2n) is 4.64. The van der Waals surface area contributed by atoms with Gasteiger partial charge in [-0.15, -0.1) is 10.2 Å². The Kier molecular flexibility index (Phi) is 3.20. The summed E-state index contributed by atoms with van der Waals surface area (Å²) >= 11 is 0. The second-order valence-corrected chi connectivity index (χ2v) is 4.64. The first-order chi connectivity index (χ1) is 9.74. The molecule has 2 heterocycles. The van der Waals surface area contributed by atoms with Crippen LogP contribution >= 0.6 is 0 Å². The first-order valence-corrected chi connectivity index (χ1v) is 6.42. The quantitative estimate of drug-likeness (QED) is 0.749. The monoisotopic (exact) mass is 269 g/mol. The van der Waals surface area contributed by atoms with Gasteiger partial charge in [0.15, 0.2) is 0 Å². The molecule has 0 saturated heterocycles. The zero-order chi connectivity index (χ0) is 13.9. The largest absolute Gasteiger partial charge is 0.361 e. The van der Waals surface area contributed by atoms with Gasteiger partial charge in [0.05, 0.1) is 0 Å². The van der Waals surface area contributed by atoms with Crippen molar-refractivity contribution in [2.45, 2.75) is 6.42 Å². The van der Waals surface area contributed by atoms with Crippen molar-refractivity contribution in [3.8, 4) is 0 Å². The van der Waals surface area contributed by atoms with E-state index in [4.69, 9.17) is 0 Å². The minimum atomic E-state index is -0.0799. The molecular formula is C14H15N5O. The summed E-state index contributed by atoms with van der Waals surface area (Å²) < 4.78 is 1.84. The van der Waals surface area contributed by atoms with E-state index in [1.54, 1.807) is 6.33 Å². The molecule has 6 heteroatoms. The molecule has 3 rings (SSSR count). The highest BCUT2D eigenvalue weighted by Gasteiger charge is 2.07. The number of amides is 1. The molecule has 0 atom stereocenters. The molecule has 0 radical (unpaired) electrons. The first kappa shape index (κ1) is 12.4. The molecule has 0 unspecified atom stereocenters. The molecule has 0 aliphatic carbocycles. The highest BCUT2D eigenvalue weighted by molar-refractivity contribution is 5.97. The van der Waals surface area contributed by atoms with Crippen LogP contribution in [0.2, 0.25) is 0 Å². The lowest BCUT2D eigenvalue weighted by Gasteiger charge is -2.05. The van der Waals surface area contributed by atoms with Crippen molar-refractivity contribution in [3.63, 3.8) is 0 Å². The lowest BCUT2D eigenvalue weighted by Crippen LogP contribution is -2.26. The van der Waals surface area contributed by atoms with E-state index in [-0.39, 0.29) is 5.91 Å². The Morgan fingerprint density at radius 1 is 1.40 bits per heavy atom. The summed E-state index contributed by atoms with van der Waals surface area (Å²) in [5, 5.41) is 11.8. The molecule has 2 N–H and O–H groups in total. The van der Waals surface area contributed by atoms with Crippen LogP contribution < -0.4 is 5.32 Å². The number of H-pyrrole nitrogens is 1. The Morgan fingerprint density at radius 3 is 3.10 bits per heavy atom. The van der Waals surface area contributed by atoms with Crippen molar-refractivity contribution in [2.75, 3.05) is 6.54 Å². The third-order valence-corrected chi connectivity index (χ3v) is 3.26. The third kappa shape index (κ3) is 2.40. The molecule has 2 aromatic heterocycles. The first-order valence-electron chi connectivity index (χ1n) is 6.42. The number of benzene rings is 1. The fraction of sp³-hybridized carbons (Fsp3) is 0.214. The maximum atomic E-state index is 12.1. The predicted octanol–water partition coefficient (Wildman–Crippen LogP) is 1.27. The fourth-order valence-electron chi connectivity index (χ4n) is 2.11. The van der Waals surface area contributed by atoms with Crippen LogP contribution in [0.3, 0.4) is 0 Å². The smallest absolute Gasteiger partial charge is 0.251 e. The van der Waals surface area contributed by atoms with Gasteiger partial charge < -0.3 is 14.9 Å². The number of aryl methyl sites for hydroxylation is 1. The predicted molar refractivity (Wildman–Crippen MR) is 75.3 cm³/mol. The minimum Gasteiger partial charge on any atom is -0.361 e. The molecule has 1 amide bonds. The van der Waals surface area contributed by atoms with Crippen molar-refractivity contribution in [1.82, 2.24) is 25.1 Å². The van der Waals surface area contributed by atoms with Gasteiger partial charge in [-0.25, -0.2) is 0 Å². The molecule has 1 aromatic carbocycles. The van der Waals surface area contributed by atoms with Gasteiger partial charge in [-0.3, -0.25) is 4.79 Å². The van der Waals surface area contributed by atoms with Crippen molar-refractivity contribution in [1.29, 1.82) is 0 Å². The maximum Gasteiger partial charge on any atom is 0.251 e. The molecule has 0 aliphatic heterocycles. The van der Waals surface area contributed by atoms with E-state index >= 15 is 0 Å². The molecule has 102 valence electrons. The number of aromatic amines is 1. The number of fused-ring (bicyclic) bond motifs is 1. The lowest BCUT2D eigenvalue weighted by atomic mass is 10.1. The number of aromatic nitrogens is 4. The van der Waals surface area contributed by atoms with E-state index in [1.165, 1.54) is 0 Å². The van der Waals surface area contributed by atoms with E-state index in [0.29, 0.717) is 18.5 Å². The number of carbonyl (C=O) groups excluding carboxylic acids is 1. The van der Waals surface area contributed by atoms with Crippen LogP contribution in [0.4, 0.5) is 0 Å². The van der Waals surface area contributed by atoms with E-state index in [0.717, 1.165) is 16.7 Å². The molecule has 6 nitrogen and oxygen atoms in total. The molecule has 0 bridgehead atoms. The van der Waals surface area contributed by atoms with Gasteiger partial charge in [0.2, 0.25) is 0 Å². The lowest BCUT2D eigenvalue weighted by molar-refractivity contribution is 0.0954. The van der Waals surface area contributed by atoms with E-state index in [9.17, 15) is 4.79 Å². The molecule has 3 aromatic rings. The average Bonchev–Trinajstić information content (AvgIpc) is 3.07. The van der Waals surface area contributed by atoms with Crippen molar-refractivity contribution < 1.29 is 4.79 Å². The summed E-state index contributed by atoms with van der Waals surface area (Å²) in [6.45, 7) is 0.536. The fourth-order valence-corrected chi connectivity index (χ4v) is 2.11. The number of nitrogens with one attached hydrogen (secondary N) is 2. The zero-order valence-electron chi connectivity index (χ0n) is 11.1. The normalized spacial score (nSPS) is 10.8. The average molecular weight is 269 g/mol. The Bertz CT molecular complexity index is 743. The van der Waals surface area contributed by atoms with Gasteiger partial charge in [-0.2, -0.15) is 0 Å². The van der Waals surface area contributed by atoms with Crippen molar-refractivity contribution in [3.05, 3.63) is 48.2 Å². The van der Waals surface area contributed by atoms with E-state index < -0.39 is 0 Å². The van der Waals surface area contributed by atoms with Gasteiger partial charge in [-0.05, 0) is 23.6 Å². The van der Waals surface area contributed by atoms with Crippen molar-refractivity contribution in [2.24, 2.45) is 7.05 Å². The Labute approximate surface area is 115 Å². The molecule has 20 heavy (non-hydrogen) atoms. The van der Waals surface area contributed by atoms with Gasteiger partial charge in [-0.1, -0.05) is 6.07 Å². The van der Waals surface area contributed by atoms with Crippen LogP contribution in [-0.4, -0.2) is 32.2 Å². The minimum absolute atomic E-state index is 0.0799. The summed E-state index contributed by atoms with van der Waals surface area (Å²) in [6.07, 6.45) is 4.17. The Hall–Kier alpha value is -2.63. The summed E-state index contributed by atoms with van der Waals surface area (Å²) in [6, 6.07) is 7.59. The number of rotatable bonds is 4. The highest BCUT2D eigenvalue weighted by atomic mass is 16.1. The van der Waals surface area contributed by atoms with Gasteiger partial charge in [0.1, 0.15) is 12.2 Å². The Morgan fingerprint density at radius 2 is 2.30 bits per heavy atom. The van der Waals surface area contributed by atoms with Gasteiger partial charge in [0.25, 0.3) is 5.91 Å². The maximum absolute atomic E-state index is 12.1. The van der Waals surface area contributed by atoms with Crippen LogP contribution in [0.25, 0.3) is 10.9 Å². The topological polar surface area (TPSA) is 75.6 Å². The Balaban J connectivity index is 1.62. The molecule has 0 spiro atoms. The molecular weight excluding hydrogens is 254 g/mol. The van der Waals surface area contributed by atoms with E-state index in [2.05, 4.69) is 20.5 Å².